The summed E-state index contributed by atoms with van der Waals surface area (Å²) in [5.74, 6) is 0.415. The van der Waals surface area contributed by atoms with E-state index in [-0.39, 0.29) is 0 Å². The molecule has 0 fully saturated rings. The van der Waals surface area contributed by atoms with Gasteiger partial charge in [0.25, 0.3) is 0 Å². The van der Waals surface area contributed by atoms with E-state index >= 15 is 0 Å². The third-order valence-electron chi connectivity index (χ3n) is 2.54. The van der Waals surface area contributed by atoms with Gasteiger partial charge in [-0.25, -0.2) is 4.98 Å². The van der Waals surface area contributed by atoms with Gasteiger partial charge in [-0.15, -0.1) is 11.3 Å². The van der Waals surface area contributed by atoms with Crippen LogP contribution in [0.25, 0.3) is 4.96 Å². The number of aromatic nitrogens is 2. The van der Waals surface area contributed by atoms with Crippen molar-refractivity contribution in [1.82, 2.24) is 9.38 Å². The number of thiazole rings is 1. The van der Waals surface area contributed by atoms with Gasteiger partial charge in [0.1, 0.15) is 0 Å². The molecule has 18 heavy (non-hydrogen) atoms. The number of fused-ring (bicyclic) bond motifs is 1. The summed E-state index contributed by atoms with van der Waals surface area (Å²) >= 11 is 1.57. The third kappa shape index (κ3) is 2.16. The van der Waals surface area contributed by atoms with Crippen LogP contribution >= 0.6 is 11.3 Å². The van der Waals surface area contributed by atoms with E-state index in [0.717, 1.165) is 15.6 Å². The lowest BCUT2D eigenvalue weighted by Crippen LogP contribution is -1.97. The first-order valence-electron chi connectivity index (χ1n) is 5.37. The van der Waals surface area contributed by atoms with Crippen LogP contribution < -0.4 is 5.73 Å². The van der Waals surface area contributed by atoms with E-state index in [1.54, 1.807) is 23.5 Å². The maximum atomic E-state index is 12.2. The summed E-state index contributed by atoms with van der Waals surface area (Å²) in [6.45, 7) is 0. The summed E-state index contributed by atoms with van der Waals surface area (Å²) in [5, 5.41) is 1.97. The molecule has 1 atom stereocenters. The maximum absolute atomic E-state index is 12.2. The normalized spacial score (nSPS) is 12.9. The highest BCUT2D eigenvalue weighted by atomic mass is 32.2. The number of hydrogen-bond acceptors (Lipinski definition) is 4. The summed E-state index contributed by atoms with van der Waals surface area (Å²) in [6.07, 6.45) is 3.86. The van der Waals surface area contributed by atoms with Crippen LogP contribution in [0, 0.1) is 0 Å². The van der Waals surface area contributed by atoms with Crippen molar-refractivity contribution < 1.29 is 4.21 Å². The Morgan fingerprint density at radius 1 is 1.44 bits per heavy atom. The molecule has 0 amide bonds. The Kier molecular flexibility index (Phi) is 2.89. The molecule has 0 saturated heterocycles. The average Bonchev–Trinajstić information content (AvgIpc) is 2.89. The standard InChI is InChI=1S/C12H11N3OS2/c13-9-2-1-3-11(6-9)18(16)8-10-7-15-4-5-17-12(15)14-10/h1-7H,8,13H2. The molecular formula is C12H11N3OS2. The van der Waals surface area contributed by atoms with Crippen molar-refractivity contribution in [2.45, 2.75) is 10.6 Å². The maximum Gasteiger partial charge on any atom is 0.193 e. The van der Waals surface area contributed by atoms with Crippen molar-refractivity contribution in [3.05, 3.63) is 47.7 Å². The number of benzene rings is 1. The number of imidazole rings is 1. The van der Waals surface area contributed by atoms with E-state index in [1.807, 2.05) is 34.3 Å². The average molecular weight is 277 g/mol. The fraction of sp³-hybridized carbons (Fsp3) is 0.0833. The Labute approximate surface area is 111 Å². The molecule has 0 radical (unpaired) electrons. The molecule has 0 saturated carbocycles. The first-order valence-corrected chi connectivity index (χ1v) is 7.57. The first kappa shape index (κ1) is 11.4. The minimum Gasteiger partial charge on any atom is -0.399 e. The number of nitrogens with zero attached hydrogens (tertiary/aromatic N) is 2. The summed E-state index contributed by atoms with van der Waals surface area (Å²) in [5.41, 5.74) is 7.15. The molecule has 0 aliphatic carbocycles. The number of hydrogen-bond donors (Lipinski definition) is 1. The summed E-state index contributed by atoms with van der Waals surface area (Å²) in [4.78, 5) is 6.09. The largest absolute Gasteiger partial charge is 0.399 e. The van der Waals surface area contributed by atoms with Gasteiger partial charge in [0.15, 0.2) is 4.96 Å². The van der Waals surface area contributed by atoms with Crippen LogP contribution in [0.4, 0.5) is 5.69 Å². The highest BCUT2D eigenvalue weighted by Crippen LogP contribution is 2.17. The Bertz CT molecular complexity index is 688. The zero-order chi connectivity index (χ0) is 12.5. The number of rotatable bonds is 3. The Morgan fingerprint density at radius 3 is 3.11 bits per heavy atom. The minimum absolute atomic E-state index is 0.415. The van der Waals surface area contributed by atoms with E-state index in [0.29, 0.717) is 11.4 Å². The van der Waals surface area contributed by atoms with Crippen molar-refractivity contribution in [3.8, 4) is 0 Å². The molecule has 92 valence electrons. The predicted molar refractivity (Wildman–Crippen MR) is 74.0 cm³/mol. The molecule has 4 nitrogen and oxygen atoms in total. The Hall–Kier alpha value is -1.66. The molecule has 0 aliphatic rings. The van der Waals surface area contributed by atoms with Crippen molar-refractivity contribution >= 4 is 32.8 Å². The first-order chi connectivity index (χ1) is 8.72. The van der Waals surface area contributed by atoms with Crippen molar-refractivity contribution in [2.24, 2.45) is 0 Å². The molecule has 0 aliphatic heterocycles. The minimum atomic E-state index is -1.11. The van der Waals surface area contributed by atoms with Crippen molar-refractivity contribution in [3.63, 3.8) is 0 Å². The second-order valence-electron chi connectivity index (χ2n) is 3.89. The second-order valence-corrected chi connectivity index (χ2v) is 6.21. The highest BCUT2D eigenvalue weighted by Gasteiger charge is 2.09. The van der Waals surface area contributed by atoms with Gasteiger partial charge in [-0.05, 0) is 18.2 Å². The van der Waals surface area contributed by atoms with Crippen LogP contribution in [-0.2, 0) is 16.6 Å². The molecule has 1 unspecified atom stereocenters. The van der Waals surface area contributed by atoms with Crippen LogP contribution in [0.2, 0.25) is 0 Å². The van der Waals surface area contributed by atoms with Crippen LogP contribution in [0.15, 0.2) is 46.9 Å². The smallest absolute Gasteiger partial charge is 0.193 e. The van der Waals surface area contributed by atoms with E-state index in [2.05, 4.69) is 4.98 Å². The topological polar surface area (TPSA) is 60.4 Å². The molecule has 2 N–H and O–H groups in total. The molecule has 2 aromatic heterocycles. The van der Waals surface area contributed by atoms with Crippen LogP contribution in [-0.4, -0.2) is 13.6 Å². The monoisotopic (exact) mass is 277 g/mol. The highest BCUT2D eigenvalue weighted by molar-refractivity contribution is 7.84. The van der Waals surface area contributed by atoms with E-state index in [4.69, 9.17) is 5.73 Å². The Morgan fingerprint density at radius 2 is 2.33 bits per heavy atom. The number of nitrogen functional groups attached to an aromatic ring is 1. The van der Waals surface area contributed by atoms with Gasteiger partial charge in [-0.3, -0.25) is 8.61 Å². The van der Waals surface area contributed by atoms with Crippen LogP contribution in [0.5, 0.6) is 0 Å². The van der Waals surface area contributed by atoms with Crippen molar-refractivity contribution in [2.75, 3.05) is 5.73 Å². The quantitative estimate of drug-likeness (QED) is 0.747. The van der Waals surface area contributed by atoms with E-state index in [9.17, 15) is 4.21 Å². The summed E-state index contributed by atoms with van der Waals surface area (Å²) in [7, 11) is -1.11. The zero-order valence-electron chi connectivity index (χ0n) is 9.45. The molecule has 6 heteroatoms. The molecule has 1 aromatic carbocycles. The van der Waals surface area contributed by atoms with Gasteiger partial charge in [0, 0.05) is 28.4 Å². The zero-order valence-corrected chi connectivity index (χ0v) is 11.1. The molecule has 0 bridgehead atoms. The van der Waals surface area contributed by atoms with Gasteiger partial charge in [-0.2, -0.15) is 0 Å². The molecule has 0 spiro atoms. The van der Waals surface area contributed by atoms with E-state index in [1.165, 1.54) is 0 Å². The lowest BCUT2D eigenvalue weighted by molar-refractivity contribution is 0.682. The van der Waals surface area contributed by atoms with Crippen LogP contribution in [0.1, 0.15) is 5.69 Å². The lowest BCUT2D eigenvalue weighted by atomic mass is 10.3. The van der Waals surface area contributed by atoms with Crippen molar-refractivity contribution in [1.29, 1.82) is 0 Å². The molecular weight excluding hydrogens is 266 g/mol. The molecule has 3 rings (SSSR count). The number of nitrogens with two attached hydrogens (primary N) is 1. The lowest BCUT2D eigenvalue weighted by Gasteiger charge is -2.01. The predicted octanol–water partition coefficient (Wildman–Crippen LogP) is 2.29. The fourth-order valence-electron chi connectivity index (χ4n) is 1.72. The van der Waals surface area contributed by atoms with Gasteiger partial charge in [0.2, 0.25) is 0 Å². The second kappa shape index (κ2) is 4.55. The van der Waals surface area contributed by atoms with Gasteiger partial charge < -0.3 is 5.73 Å². The summed E-state index contributed by atoms with van der Waals surface area (Å²) < 4.78 is 14.1. The van der Waals surface area contributed by atoms with Gasteiger partial charge in [0.05, 0.1) is 22.2 Å². The van der Waals surface area contributed by atoms with Gasteiger partial charge >= 0.3 is 0 Å². The summed E-state index contributed by atoms with van der Waals surface area (Å²) in [6, 6.07) is 7.17. The van der Waals surface area contributed by atoms with E-state index < -0.39 is 10.8 Å². The van der Waals surface area contributed by atoms with Crippen LogP contribution in [0.3, 0.4) is 0 Å². The number of anilines is 1. The van der Waals surface area contributed by atoms with Gasteiger partial charge in [-0.1, -0.05) is 6.07 Å². The fourth-order valence-corrected chi connectivity index (χ4v) is 3.51. The Balaban J connectivity index is 1.84. The third-order valence-corrected chi connectivity index (χ3v) is 4.65. The SMILES string of the molecule is Nc1cccc(S(=O)Cc2cn3ccsc3n2)c1. The molecule has 3 aromatic rings. The molecule has 2 heterocycles.